The Morgan fingerprint density at radius 1 is 1.00 bits per heavy atom. The molecule has 0 bridgehead atoms. The van der Waals surface area contributed by atoms with E-state index in [-0.39, 0.29) is 0 Å². The molecule has 0 aromatic heterocycles. The molecule has 2 nitrogen and oxygen atoms in total. The third-order valence-electron chi connectivity index (χ3n) is 1.50. The summed E-state index contributed by atoms with van der Waals surface area (Å²) in [5.41, 5.74) is 0. The van der Waals surface area contributed by atoms with Gasteiger partial charge < -0.3 is 9.47 Å². The van der Waals surface area contributed by atoms with E-state index in [1.807, 2.05) is 0 Å². The van der Waals surface area contributed by atoms with Crippen molar-refractivity contribution in [1.82, 2.24) is 0 Å². The van der Waals surface area contributed by atoms with Crippen molar-refractivity contribution < 1.29 is 9.47 Å². The Labute approximate surface area is 90.1 Å². The molecule has 13 heavy (non-hydrogen) atoms. The lowest BCUT2D eigenvalue weighted by atomic mass is 10.2. The quantitative estimate of drug-likeness (QED) is 0.464. The average Bonchev–Trinajstić information content (AvgIpc) is 2.09. The van der Waals surface area contributed by atoms with Gasteiger partial charge in [0.05, 0.1) is 13.2 Å². The van der Waals surface area contributed by atoms with Gasteiger partial charge in [-0.05, 0) is 18.8 Å². The first kappa shape index (κ1) is 13.4. The van der Waals surface area contributed by atoms with Crippen LogP contribution in [0.5, 0.6) is 0 Å². The number of halogens is 1. The van der Waals surface area contributed by atoms with Crippen LogP contribution in [0.4, 0.5) is 0 Å². The van der Waals surface area contributed by atoms with Gasteiger partial charge in [0.2, 0.25) is 0 Å². The molecule has 0 fully saturated rings. The van der Waals surface area contributed by atoms with Crippen LogP contribution < -0.4 is 0 Å². The zero-order valence-corrected chi connectivity index (χ0v) is 10.3. The van der Waals surface area contributed by atoms with E-state index in [0.29, 0.717) is 5.92 Å². The predicted molar refractivity (Wildman–Crippen MR) is 59.5 cm³/mol. The molecule has 0 spiro atoms. The van der Waals surface area contributed by atoms with E-state index >= 15 is 0 Å². The lowest BCUT2D eigenvalue weighted by molar-refractivity contribution is 0.0370. The molecule has 0 amide bonds. The Morgan fingerprint density at radius 2 is 1.69 bits per heavy atom. The lowest BCUT2D eigenvalue weighted by Gasteiger charge is -2.07. The molecule has 0 aromatic carbocycles. The van der Waals surface area contributed by atoms with Gasteiger partial charge >= 0.3 is 0 Å². The summed E-state index contributed by atoms with van der Waals surface area (Å²) < 4.78 is 10.7. The summed E-state index contributed by atoms with van der Waals surface area (Å²) in [5.74, 6) is 0.619. The van der Waals surface area contributed by atoms with Crippen molar-refractivity contribution in [3.8, 4) is 0 Å². The lowest BCUT2D eigenvalue weighted by Crippen LogP contribution is -2.09. The highest BCUT2D eigenvalue weighted by molar-refractivity contribution is 9.09. The van der Waals surface area contributed by atoms with Crippen LogP contribution in [0, 0.1) is 5.92 Å². The smallest absolute Gasteiger partial charge is 0.0700 e. The third kappa shape index (κ3) is 12.4. The molecule has 0 unspecified atom stereocenters. The monoisotopic (exact) mass is 252 g/mol. The van der Waals surface area contributed by atoms with Gasteiger partial charge in [-0.25, -0.2) is 0 Å². The minimum atomic E-state index is 0.619. The Morgan fingerprint density at radius 3 is 2.31 bits per heavy atom. The van der Waals surface area contributed by atoms with Crippen LogP contribution in [-0.2, 0) is 9.47 Å². The first-order valence-corrected chi connectivity index (χ1v) is 6.11. The highest BCUT2D eigenvalue weighted by atomic mass is 79.9. The topological polar surface area (TPSA) is 18.5 Å². The minimum Gasteiger partial charge on any atom is -0.379 e. The first-order valence-electron chi connectivity index (χ1n) is 4.98. The van der Waals surface area contributed by atoms with E-state index in [9.17, 15) is 0 Å². The Bertz CT molecular complexity index is 96.9. The van der Waals surface area contributed by atoms with Crippen LogP contribution in [0.1, 0.15) is 26.7 Å². The largest absolute Gasteiger partial charge is 0.379 e. The molecule has 0 N–H and O–H groups in total. The molecule has 0 aliphatic carbocycles. The van der Waals surface area contributed by atoms with Crippen molar-refractivity contribution in [3.05, 3.63) is 0 Å². The maximum atomic E-state index is 5.37. The Kier molecular flexibility index (Phi) is 10.8. The highest BCUT2D eigenvalue weighted by Gasteiger charge is 1.93. The standard InChI is InChI=1S/C10H21BrO2/c1-10(2)9-13-8-7-12-6-4-3-5-11/h10H,3-9H2,1-2H3. The third-order valence-corrected chi connectivity index (χ3v) is 2.06. The molecule has 0 aliphatic rings. The number of hydrogen-bond donors (Lipinski definition) is 0. The van der Waals surface area contributed by atoms with Crippen LogP contribution in [0.2, 0.25) is 0 Å². The number of ether oxygens (including phenoxy) is 2. The van der Waals surface area contributed by atoms with Gasteiger partial charge in [0, 0.05) is 18.5 Å². The van der Waals surface area contributed by atoms with Crippen LogP contribution in [0.25, 0.3) is 0 Å². The van der Waals surface area contributed by atoms with Crippen LogP contribution in [0.15, 0.2) is 0 Å². The number of unbranched alkanes of at least 4 members (excludes halogenated alkanes) is 1. The van der Waals surface area contributed by atoms with Crippen molar-refractivity contribution in [2.24, 2.45) is 5.92 Å². The van der Waals surface area contributed by atoms with Gasteiger partial charge in [-0.15, -0.1) is 0 Å². The second kappa shape index (κ2) is 10.5. The molecule has 3 heteroatoms. The molecule has 0 rings (SSSR count). The van der Waals surface area contributed by atoms with Gasteiger partial charge in [0.15, 0.2) is 0 Å². The molecular formula is C10H21BrO2. The molecule has 0 heterocycles. The van der Waals surface area contributed by atoms with E-state index in [0.717, 1.165) is 38.2 Å². The number of rotatable bonds is 9. The van der Waals surface area contributed by atoms with Crippen LogP contribution in [0.3, 0.4) is 0 Å². The van der Waals surface area contributed by atoms with E-state index in [1.54, 1.807) is 0 Å². The van der Waals surface area contributed by atoms with Gasteiger partial charge in [-0.2, -0.15) is 0 Å². The van der Waals surface area contributed by atoms with Crippen molar-refractivity contribution in [2.75, 3.05) is 31.8 Å². The summed E-state index contributed by atoms with van der Waals surface area (Å²) in [7, 11) is 0. The summed E-state index contributed by atoms with van der Waals surface area (Å²) >= 11 is 3.38. The molecule has 0 aromatic rings. The molecule has 0 atom stereocenters. The van der Waals surface area contributed by atoms with Crippen LogP contribution >= 0.6 is 15.9 Å². The van der Waals surface area contributed by atoms with E-state index in [2.05, 4.69) is 29.8 Å². The number of hydrogen-bond acceptors (Lipinski definition) is 2. The second-order valence-electron chi connectivity index (χ2n) is 3.48. The first-order chi connectivity index (χ1) is 6.27. The molecule has 80 valence electrons. The van der Waals surface area contributed by atoms with Gasteiger partial charge in [0.1, 0.15) is 0 Å². The van der Waals surface area contributed by atoms with Crippen molar-refractivity contribution in [2.45, 2.75) is 26.7 Å². The fourth-order valence-corrected chi connectivity index (χ4v) is 1.23. The fraction of sp³-hybridized carbons (Fsp3) is 1.00. The van der Waals surface area contributed by atoms with Gasteiger partial charge in [0.25, 0.3) is 0 Å². The summed E-state index contributed by atoms with van der Waals surface area (Å²) in [5, 5.41) is 1.07. The van der Waals surface area contributed by atoms with E-state index in [4.69, 9.17) is 9.47 Å². The minimum absolute atomic E-state index is 0.619. The van der Waals surface area contributed by atoms with Gasteiger partial charge in [-0.1, -0.05) is 29.8 Å². The Hall–Kier alpha value is 0.400. The van der Waals surface area contributed by atoms with Crippen molar-refractivity contribution in [3.63, 3.8) is 0 Å². The summed E-state index contributed by atoms with van der Waals surface area (Å²) in [6.07, 6.45) is 2.32. The van der Waals surface area contributed by atoms with Gasteiger partial charge in [-0.3, -0.25) is 0 Å². The maximum Gasteiger partial charge on any atom is 0.0700 e. The summed E-state index contributed by atoms with van der Waals surface area (Å²) in [6.45, 7) is 7.45. The molecule has 0 saturated heterocycles. The van der Waals surface area contributed by atoms with Crippen molar-refractivity contribution >= 4 is 15.9 Å². The summed E-state index contributed by atoms with van der Waals surface area (Å²) in [4.78, 5) is 0. The maximum absolute atomic E-state index is 5.37. The average molecular weight is 253 g/mol. The fourth-order valence-electron chi connectivity index (χ4n) is 0.838. The number of alkyl halides is 1. The van der Waals surface area contributed by atoms with E-state index < -0.39 is 0 Å². The SMILES string of the molecule is CC(C)COCCOCCCCBr. The van der Waals surface area contributed by atoms with E-state index in [1.165, 1.54) is 6.42 Å². The predicted octanol–water partition coefficient (Wildman–Crippen LogP) is 2.85. The zero-order valence-electron chi connectivity index (χ0n) is 8.72. The normalized spacial score (nSPS) is 11.1. The molecule has 0 saturated carbocycles. The molecular weight excluding hydrogens is 232 g/mol. The summed E-state index contributed by atoms with van der Waals surface area (Å²) in [6, 6.07) is 0. The molecule has 0 radical (unpaired) electrons. The van der Waals surface area contributed by atoms with Crippen LogP contribution in [-0.4, -0.2) is 31.8 Å². The van der Waals surface area contributed by atoms with Crippen molar-refractivity contribution in [1.29, 1.82) is 0 Å². The second-order valence-corrected chi connectivity index (χ2v) is 4.27. The highest BCUT2D eigenvalue weighted by Crippen LogP contribution is 1.95. The zero-order chi connectivity index (χ0) is 9.94. The molecule has 0 aliphatic heterocycles. The Balaban J connectivity index is 2.84.